The molecule has 0 spiro atoms. The fraction of sp³-hybridized carbons (Fsp3) is 0.300. The van der Waals surface area contributed by atoms with Gasteiger partial charge in [0.1, 0.15) is 5.75 Å². The largest absolute Gasteiger partial charge is 0.484 e. The van der Waals surface area contributed by atoms with Gasteiger partial charge in [-0.05, 0) is 42.7 Å². The molecule has 0 unspecified atom stereocenters. The highest BCUT2D eigenvalue weighted by Gasteiger charge is 2.18. The second-order valence-electron chi connectivity index (χ2n) is 6.07. The number of hydrogen-bond donors (Lipinski definition) is 1. The number of hydrogen-bond acceptors (Lipinski definition) is 3. The quantitative estimate of drug-likeness (QED) is 0.788. The number of amides is 1. The van der Waals surface area contributed by atoms with Gasteiger partial charge in [0.05, 0.1) is 6.04 Å². The molecule has 2 rings (SSSR count). The summed E-state index contributed by atoms with van der Waals surface area (Å²) in [4.78, 5) is 23.4. The normalized spacial score (nSPS) is 11.8. The Morgan fingerprint density at radius 2 is 1.62 bits per heavy atom. The Morgan fingerprint density at radius 3 is 2.17 bits per heavy atom. The molecule has 0 bridgehead atoms. The smallest absolute Gasteiger partial charge is 0.258 e. The molecule has 0 radical (unpaired) electrons. The summed E-state index contributed by atoms with van der Waals surface area (Å²) < 4.78 is 5.50. The van der Waals surface area contributed by atoms with E-state index in [0.29, 0.717) is 11.3 Å². The van der Waals surface area contributed by atoms with Crippen LogP contribution in [0.4, 0.5) is 0 Å². The zero-order chi connectivity index (χ0) is 17.5. The standard InChI is InChI=1S/C20H23NO3/c1-14(2)20(17-7-5-4-6-8-17)21-19(23)13-24-18-11-9-16(10-12-18)15(3)22/h4-12,14,20H,13H2,1-3H3,(H,21,23)/t20-/m0/s1. The summed E-state index contributed by atoms with van der Waals surface area (Å²) in [7, 11) is 0. The third-order valence-corrected chi connectivity index (χ3v) is 3.77. The van der Waals surface area contributed by atoms with Gasteiger partial charge in [-0.2, -0.15) is 0 Å². The predicted molar refractivity (Wildman–Crippen MR) is 94.1 cm³/mol. The van der Waals surface area contributed by atoms with Crippen LogP contribution in [0.5, 0.6) is 5.75 Å². The maximum Gasteiger partial charge on any atom is 0.258 e. The molecule has 126 valence electrons. The average Bonchev–Trinajstić information content (AvgIpc) is 2.58. The fourth-order valence-electron chi connectivity index (χ4n) is 2.45. The molecule has 0 aliphatic rings. The van der Waals surface area contributed by atoms with Crippen LogP contribution in [0.3, 0.4) is 0 Å². The molecule has 0 heterocycles. The maximum atomic E-state index is 12.2. The van der Waals surface area contributed by atoms with Crippen molar-refractivity contribution in [1.82, 2.24) is 5.32 Å². The Balaban J connectivity index is 1.93. The number of ether oxygens (including phenoxy) is 1. The summed E-state index contributed by atoms with van der Waals surface area (Å²) in [5.74, 6) is 0.664. The monoisotopic (exact) mass is 325 g/mol. The van der Waals surface area contributed by atoms with Crippen molar-refractivity contribution in [2.24, 2.45) is 5.92 Å². The summed E-state index contributed by atoms with van der Waals surface area (Å²) >= 11 is 0. The first-order chi connectivity index (χ1) is 11.5. The van der Waals surface area contributed by atoms with E-state index in [0.717, 1.165) is 5.56 Å². The summed E-state index contributed by atoms with van der Waals surface area (Å²) in [6, 6.07) is 16.6. The van der Waals surface area contributed by atoms with Crippen LogP contribution in [-0.4, -0.2) is 18.3 Å². The van der Waals surface area contributed by atoms with Gasteiger partial charge in [-0.1, -0.05) is 44.2 Å². The van der Waals surface area contributed by atoms with E-state index in [1.54, 1.807) is 24.3 Å². The van der Waals surface area contributed by atoms with Crippen molar-refractivity contribution < 1.29 is 14.3 Å². The number of carbonyl (C=O) groups is 2. The van der Waals surface area contributed by atoms with E-state index in [9.17, 15) is 9.59 Å². The molecule has 0 saturated heterocycles. The van der Waals surface area contributed by atoms with Crippen molar-refractivity contribution in [1.29, 1.82) is 0 Å². The van der Waals surface area contributed by atoms with E-state index >= 15 is 0 Å². The molecule has 1 amide bonds. The topological polar surface area (TPSA) is 55.4 Å². The van der Waals surface area contributed by atoms with Crippen LogP contribution in [0.25, 0.3) is 0 Å². The van der Waals surface area contributed by atoms with Crippen molar-refractivity contribution in [3.63, 3.8) is 0 Å². The minimum absolute atomic E-state index is 0.00179. The second-order valence-corrected chi connectivity index (χ2v) is 6.07. The number of ketones is 1. The third kappa shape index (κ3) is 4.95. The highest BCUT2D eigenvalue weighted by atomic mass is 16.5. The molecular formula is C20H23NO3. The Kier molecular flexibility index (Phi) is 6.13. The van der Waals surface area contributed by atoms with E-state index in [1.807, 2.05) is 30.3 Å². The first kappa shape index (κ1) is 17.7. The first-order valence-corrected chi connectivity index (χ1v) is 8.05. The molecule has 4 nitrogen and oxygen atoms in total. The molecule has 0 fully saturated rings. The Morgan fingerprint density at radius 1 is 1.00 bits per heavy atom. The van der Waals surface area contributed by atoms with E-state index in [1.165, 1.54) is 6.92 Å². The molecule has 24 heavy (non-hydrogen) atoms. The van der Waals surface area contributed by atoms with Gasteiger partial charge in [0.25, 0.3) is 5.91 Å². The molecule has 2 aromatic carbocycles. The zero-order valence-electron chi connectivity index (χ0n) is 14.3. The van der Waals surface area contributed by atoms with Gasteiger partial charge in [-0.25, -0.2) is 0 Å². The fourth-order valence-corrected chi connectivity index (χ4v) is 2.45. The Hall–Kier alpha value is -2.62. The van der Waals surface area contributed by atoms with Crippen molar-refractivity contribution >= 4 is 11.7 Å². The van der Waals surface area contributed by atoms with E-state index in [2.05, 4.69) is 19.2 Å². The lowest BCUT2D eigenvalue weighted by Gasteiger charge is -2.23. The van der Waals surface area contributed by atoms with Gasteiger partial charge in [0.15, 0.2) is 12.4 Å². The van der Waals surface area contributed by atoms with Crippen molar-refractivity contribution in [3.05, 3.63) is 65.7 Å². The van der Waals surface area contributed by atoms with Gasteiger partial charge < -0.3 is 10.1 Å². The van der Waals surface area contributed by atoms with Gasteiger partial charge in [0.2, 0.25) is 0 Å². The molecule has 2 aromatic rings. The van der Waals surface area contributed by atoms with Crippen LogP contribution < -0.4 is 10.1 Å². The summed E-state index contributed by atoms with van der Waals surface area (Å²) in [5, 5.41) is 3.01. The van der Waals surface area contributed by atoms with Crippen LogP contribution in [0.2, 0.25) is 0 Å². The van der Waals surface area contributed by atoms with Gasteiger partial charge in [0, 0.05) is 5.56 Å². The number of nitrogens with one attached hydrogen (secondary N) is 1. The molecule has 1 atom stereocenters. The molecule has 0 aliphatic heterocycles. The zero-order valence-corrected chi connectivity index (χ0v) is 14.3. The van der Waals surface area contributed by atoms with Crippen LogP contribution >= 0.6 is 0 Å². The molecule has 0 aliphatic carbocycles. The van der Waals surface area contributed by atoms with Crippen molar-refractivity contribution in [3.8, 4) is 5.75 Å². The van der Waals surface area contributed by atoms with Crippen molar-refractivity contribution in [2.75, 3.05) is 6.61 Å². The lowest BCUT2D eigenvalue weighted by Crippen LogP contribution is -2.35. The second kappa shape index (κ2) is 8.29. The summed E-state index contributed by atoms with van der Waals surface area (Å²) in [6.45, 7) is 5.59. The minimum Gasteiger partial charge on any atom is -0.484 e. The minimum atomic E-state index is -0.173. The number of benzene rings is 2. The number of Topliss-reactive ketones (excluding diaryl/α,β-unsaturated/α-hetero) is 1. The Bertz CT molecular complexity index is 678. The lowest BCUT2D eigenvalue weighted by atomic mass is 9.96. The molecular weight excluding hydrogens is 302 g/mol. The Labute approximate surface area is 142 Å². The molecule has 4 heteroatoms. The summed E-state index contributed by atoms with van der Waals surface area (Å²) in [6.07, 6.45) is 0. The molecule has 0 saturated carbocycles. The van der Waals surface area contributed by atoms with Crippen molar-refractivity contribution in [2.45, 2.75) is 26.8 Å². The summed E-state index contributed by atoms with van der Waals surface area (Å²) in [5.41, 5.74) is 1.70. The van der Waals surface area contributed by atoms with Crippen LogP contribution in [0, 0.1) is 5.92 Å². The van der Waals surface area contributed by atoms with E-state index in [-0.39, 0.29) is 30.3 Å². The number of rotatable bonds is 7. The van der Waals surface area contributed by atoms with Gasteiger partial charge in [-0.15, -0.1) is 0 Å². The van der Waals surface area contributed by atoms with E-state index < -0.39 is 0 Å². The lowest BCUT2D eigenvalue weighted by molar-refractivity contribution is -0.124. The van der Waals surface area contributed by atoms with E-state index in [4.69, 9.17) is 4.74 Å². The molecule has 1 N–H and O–H groups in total. The van der Waals surface area contributed by atoms with Crippen LogP contribution in [0.15, 0.2) is 54.6 Å². The predicted octanol–water partition coefficient (Wildman–Crippen LogP) is 3.78. The van der Waals surface area contributed by atoms with Gasteiger partial charge in [-0.3, -0.25) is 9.59 Å². The SMILES string of the molecule is CC(=O)c1ccc(OCC(=O)N[C@H](c2ccccc2)C(C)C)cc1. The van der Waals surface area contributed by atoms with Gasteiger partial charge >= 0.3 is 0 Å². The first-order valence-electron chi connectivity index (χ1n) is 8.05. The van der Waals surface area contributed by atoms with Crippen LogP contribution in [0.1, 0.15) is 42.7 Å². The maximum absolute atomic E-state index is 12.2. The number of carbonyl (C=O) groups excluding carboxylic acids is 2. The highest BCUT2D eigenvalue weighted by molar-refractivity contribution is 5.94. The van der Waals surface area contributed by atoms with Crippen LogP contribution in [-0.2, 0) is 4.79 Å². The third-order valence-electron chi connectivity index (χ3n) is 3.77. The molecule has 0 aromatic heterocycles. The highest BCUT2D eigenvalue weighted by Crippen LogP contribution is 2.21. The average molecular weight is 325 g/mol.